The molecule has 2 N–H and O–H groups in total. The van der Waals surface area contributed by atoms with Crippen molar-refractivity contribution in [1.82, 2.24) is 0 Å². The van der Waals surface area contributed by atoms with Crippen LogP contribution in [-0.4, -0.2) is 17.7 Å². The van der Waals surface area contributed by atoms with Crippen LogP contribution in [0.15, 0.2) is 22.7 Å². The Morgan fingerprint density at radius 3 is 2.25 bits per heavy atom. The second-order valence-electron chi connectivity index (χ2n) is 5.29. The van der Waals surface area contributed by atoms with Crippen molar-refractivity contribution in [2.24, 2.45) is 5.73 Å². The number of carbonyl (C=O) groups excluding carboxylic acids is 1. The molecule has 1 rings (SSSR count). The van der Waals surface area contributed by atoms with Gasteiger partial charge in [-0.25, -0.2) is 4.79 Å². The summed E-state index contributed by atoms with van der Waals surface area (Å²) in [5.74, 6) is -0.700. The van der Waals surface area contributed by atoms with Crippen LogP contribution in [0.2, 0.25) is 0 Å². The highest BCUT2D eigenvalue weighted by Crippen LogP contribution is 2.32. The molecular weight excluding hydrogens is 339 g/mol. The molecule has 0 radical (unpaired) electrons. The third kappa shape index (κ3) is 4.79. The molecule has 0 spiro atoms. The van der Waals surface area contributed by atoms with Crippen LogP contribution < -0.4 is 5.73 Å². The van der Waals surface area contributed by atoms with Crippen LogP contribution in [0.4, 0.5) is 13.2 Å². The van der Waals surface area contributed by atoms with E-state index in [1.54, 1.807) is 20.8 Å². The van der Waals surface area contributed by atoms with Gasteiger partial charge in [0, 0.05) is 4.47 Å². The first-order valence-corrected chi connectivity index (χ1v) is 6.55. The van der Waals surface area contributed by atoms with Crippen molar-refractivity contribution in [3.63, 3.8) is 0 Å². The Kier molecular flexibility index (Phi) is 4.86. The molecule has 0 saturated carbocycles. The molecule has 0 bridgehead atoms. The lowest BCUT2D eigenvalue weighted by Crippen LogP contribution is -2.29. The highest BCUT2D eigenvalue weighted by atomic mass is 79.9. The van der Waals surface area contributed by atoms with E-state index >= 15 is 0 Å². The molecule has 0 aromatic heterocycles. The van der Waals surface area contributed by atoms with Gasteiger partial charge in [-0.3, -0.25) is 0 Å². The van der Waals surface area contributed by atoms with Crippen molar-refractivity contribution in [1.29, 1.82) is 0 Å². The molecule has 20 heavy (non-hydrogen) atoms. The van der Waals surface area contributed by atoms with Gasteiger partial charge in [0.15, 0.2) is 0 Å². The van der Waals surface area contributed by atoms with Crippen molar-refractivity contribution in [3.8, 4) is 0 Å². The predicted molar refractivity (Wildman–Crippen MR) is 72.3 cm³/mol. The summed E-state index contributed by atoms with van der Waals surface area (Å²) < 4.78 is 43.3. The van der Waals surface area contributed by atoms with Crippen LogP contribution in [0, 0.1) is 0 Å². The third-order valence-corrected chi connectivity index (χ3v) is 2.72. The van der Waals surface area contributed by atoms with E-state index in [9.17, 15) is 18.0 Å². The first kappa shape index (κ1) is 17.0. The fraction of sp³-hybridized carbons (Fsp3) is 0.462. The zero-order chi connectivity index (χ0) is 15.7. The number of hydrogen-bond donors (Lipinski definition) is 1. The fourth-order valence-corrected chi connectivity index (χ4v) is 1.95. The van der Waals surface area contributed by atoms with Gasteiger partial charge in [0.05, 0.1) is 5.56 Å². The minimum atomic E-state index is -4.58. The molecule has 0 fully saturated rings. The Bertz CT molecular complexity index is 509. The van der Waals surface area contributed by atoms with Gasteiger partial charge < -0.3 is 10.5 Å². The van der Waals surface area contributed by atoms with Gasteiger partial charge >= 0.3 is 12.1 Å². The molecular formula is C13H15BrF3NO2. The Hall–Kier alpha value is -1.08. The third-order valence-electron chi connectivity index (χ3n) is 2.27. The van der Waals surface area contributed by atoms with Crippen LogP contribution in [0.5, 0.6) is 0 Å². The van der Waals surface area contributed by atoms with E-state index in [1.807, 2.05) is 0 Å². The van der Waals surface area contributed by atoms with Gasteiger partial charge in [0.2, 0.25) is 0 Å². The van der Waals surface area contributed by atoms with Gasteiger partial charge in [-0.15, -0.1) is 0 Å². The van der Waals surface area contributed by atoms with E-state index in [2.05, 4.69) is 15.9 Å². The number of carbonyl (C=O) groups is 1. The summed E-state index contributed by atoms with van der Waals surface area (Å²) in [7, 11) is 0. The maximum Gasteiger partial charge on any atom is 0.407 e. The number of benzene rings is 1. The molecule has 0 heterocycles. The lowest BCUT2D eigenvalue weighted by atomic mass is 10.0. The number of esters is 1. The first-order chi connectivity index (χ1) is 8.90. The Balaban J connectivity index is 3.12. The van der Waals surface area contributed by atoms with Crippen LogP contribution in [0.25, 0.3) is 0 Å². The van der Waals surface area contributed by atoms with Crippen molar-refractivity contribution >= 4 is 21.9 Å². The van der Waals surface area contributed by atoms with E-state index in [1.165, 1.54) is 12.1 Å². The van der Waals surface area contributed by atoms with Crippen LogP contribution in [-0.2, 0) is 4.74 Å². The summed E-state index contributed by atoms with van der Waals surface area (Å²) in [6, 6.07) is 1.56. The standard InChI is InChI=1S/C13H15BrF3NO2/c1-12(2,3)20-11(19)8-4-7(5-9(14)6-8)10(18)13(15,16)17/h4-6,10H,18H2,1-3H3. The van der Waals surface area contributed by atoms with Gasteiger partial charge in [0.25, 0.3) is 0 Å². The molecule has 0 saturated heterocycles. The van der Waals surface area contributed by atoms with E-state index in [-0.39, 0.29) is 11.1 Å². The predicted octanol–water partition coefficient (Wildman–Crippen LogP) is 3.97. The minimum Gasteiger partial charge on any atom is -0.456 e. The quantitative estimate of drug-likeness (QED) is 0.818. The molecule has 1 atom stereocenters. The first-order valence-electron chi connectivity index (χ1n) is 5.76. The van der Waals surface area contributed by atoms with E-state index < -0.39 is 23.8 Å². The molecule has 0 aliphatic rings. The summed E-state index contributed by atoms with van der Waals surface area (Å²) in [5.41, 5.74) is 4.23. The highest BCUT2D eigenvalue weighted by Gasteiger charge is 2.38. The summed E-state index contributed by atoms with van der Waals surface area (Å²) in [5, 5.41) is 0. The second kappa shape index (κ2) is 5.73. The summed E-state index contributed by atoms with van der Waals surface area (Å²) in [6.07, 6.45) is -4.58. The number of hydrogen-bond acceptors (Lipinski definition) is 3. The topological polar surface area (TPSA) is 52.3 Å². The van der Waals surface area contributed by atoms with Crippen LogP contribution in [0.3, 0.4) is 0 Å². The van der Waals surface area contributed by atoms with Gasteiger partial charge in [0.1, 0.15) is 11.6 Å². The number of nitrogens with two attached hydrogens (primary N) is 1. The molecule has 0 aliphatic heterocycles. The van der Waals surface area contributed by atoms with Crippen molar-refractivity contribution in [2.45, 2.75) is 38.6 Å². The zero-order valence-electron chi connectivity index (χ0n) is 11.2. The summed E-state index contributed by atoms with van der Waals surface area (Å²) >= 11 is 3.07. The molecule has 0 amide bonds. The van der Waals surface area contributed by atoms with Crippen molar-refractivity contribution < 1.29 is 22.7 Å². The van der Waals surface area contributed by atoms with E-state index in [0.29, 0.717) is 4.47 Å². The number of rotatable bonds is 2. The molecule has 1 aromatic carbocycles. The van der Waals surface area contributed by atoms with Gasteiger partial charge in [-0.2, -0.15) is 13.2 Å². The van der Waals surface area contributed by atoms with Crippen molar-refractivity contribution in [2.75, 3.05) is 0 Å². The van der Waals surface area contributed by atoms with Crippen molar-refractivity contribution in [3.05, 3.63) is 33.8 Å². The van der Waals surface area contributed by atoms with Gasteiger partial charge in [-0.05, 0) is 44.5 Å². The summed E-state index contributed by atoms with van der Waals surface area (Å²) in [4.78, 5) is 11.9. The zero-order valence-corrected chi connectivity index (χ0v) is 12.8. The lowest BCUT2D eigenvalue weighted by molar-refractivity contribution is -0.149. The molecule has 1 aromatic rings. The maximum absolute atomic E-state index is 12.6. The van der Waals surface area contributed by atoms with Gasteiger partial charge in [-0.1, -0.05) is 15.9 Å². The van der Waals surface area contributed by atoms with E-state index in [4.69, 9.17) is 10.5 Å². The van der Waals surface area contributed by atoms with E-state index in [0.717, 1.165) is 6.07 Å². The normalized spacial score (nSPS) is 14.0. The average Bonchev–Trinajstić information content (AvgIpc) is 2.23. The second-order valence-corrected chi connectivity index (χ2v) is 6.21. The molecule has 7 heteroatoms. The minimum absolute atomic E-state index is 0.0176. The van der Waals surface area contributed by atoms with Crippen LogP contribution >= 0.6 is 15.9 Å². The molecule has 112 valence electrons. The number of alkyl halides is 3. The SMILES string of the molecule is CC(C)(C)OC(=O)c1cc(Br)cc(C(N)C(F)(F)F)c1. The lowest BCUT2D eigenvalue weighted by Gasteiger charge is -2.21. The monoisotopic (exact) mass is 353 g/mol. The Morgan fingerprint density at radius 1 is 1.25 bits per heavy atom. The molecule has 0 aliphatic carbocycles. The largest absolute Gasteiger partial charge is 0.456 e. The van der Waals surface area contributed by atoms with Crippen LogP contribution in [0.1, 0.15) is 42.7 Å². The number of ether oxygens (including phenoxy) is 1. The Morgan fingerprint density at radius 2 is 1.80 bits per heavy atom. The maximum atomic E-state index is 12.6. The summed E-state index contributed by atoms with van der Waals surface area (Å²) in [6.45, 7) is 5.02. The number of halogens is 4. The fourth-order valence-electron chi connectivity index (χ4n) is 1.44. The smallest absolute Gasteiger partial charge is 0.407 e. The highest BCUT2D eigenvalue weighted by molar-refractivity contribution is 9.10. The molecule has 1 unspecified atom stereocenters. The average molecular weight is 354 g/mol. The Labute approximate surface area is 123 Å². The molecule has 3 nitrogen and oxygen atoms in total.